The van der Waals surface area contributed by atoms with Crippen LogP contribution in [0.1, 0.15) is 0 Å². The van der Waals surface area contributed by atoms with Gasteiger partial charge in [0.05, 0.1) is 4.37 Å². The van der Waals surface area contributed by atoms with Gasteiger partial charge in [-0.1, -0.05) is 30.3 Å². The van der Waals surface area contributed by atoms with Crippen molar-refractivity contribution in [1.82, 2.24) is 8.75 Å². The molecule has 0 fully saturated rings. The van der Waals surface area contributed by atoms with Crippen molar-refractivity contribution in [2.75, 3.05) is 0 Å². The first-order valence-electron chi connectivity index (χ1n) is 3.14. The highest BCUT2D eigenvalue weighted by Gasteiger charge is 2.07. The van der Waals surface area contributed by atoms with Gasteiger partial charge in [-0.2, -0.15) is 0 Å². The summed E-state index contributed by atoms with van der Waals surface area (Å²) in [6.07, 6.45) is 0. The lowest BCUT2D eigenvalue weighted by atomic mass is 10.2. The van der Waals surface area contributed by atoms with Crippen LogP contribution in [-0.2, 0) is 0 Å². The van der Waals surface area contributed by atoms with Crippen LogP contribution in [0.2, 0.25) is 0 Å². The van der Waals surface area contributed by atoms with Crippen molar-refractivity contribution >= 4 is 21.1 Å². The molecule has 5 heteroatoms. The maximum atomic E-state index is 4.14. The summed E-state index contributed by atoms with van der Waals surface area (Å²) in [6.45, 7) is 0. The Morgan fingerprint density at radius 2 is 1.92 bits per heavy atom. The molecule has 12 heavy (non-hydrogen) atoms. The molecule has 0 atom stereocenters. The second kappa shape index (κ2) is 4.45. The molecule has 0 radical (unpaired) electrons. The molecule has 0 amide bonds. The van der Waals surface area contributed by atoms with Gasteiger partial charge in [-0.25, -0.2) is 0 Å². The van der Waals surface area contributed by atoms with E-state index in [9.17, 15) is 0 Å². The van der Waals surface area contributed by atoms with Crippen LogP contribution in [0.5, 0.6) is 0 Å². The predicted molar refractivity (Wildman–Crippen MR) is 47.6 cm³/mol. The van der Waals surface area contributed by atoms with Gasteiger partial charge in [0.2, 0.25) is 5.82 Å². The van der Waals surface area contributed by atoms with Crippen molar-refractivity contribution in [3.05, 3.63) is 30.3 Å². The number of nitrogens with zero attached hydrogens (tertiary/aromatic N) is 2. The highest BCUT2D eigenvalue weighted by atomic mass is 35.5. The Labute approximate surface area is 84.0 Å². The van der Waals surface area contributed by atoms with Gasteiger partial charge in [0, 0.05) is 5.56 Å². The molecule has 0 unspecified atom stereocenters. The van der Waals surface area contributed by atoms with E-state index >= 15 is 0 Å². The van der Waals surface area contributed by atoms with Crippen LogP contribution < -0.4 is 12.4 Å². The molecular formula is C7H5ClN2S2. The lowest BCUT2D eigenvalue weighted by molar-refractivity contribution is -0.00000221. The molecule has 0 aliphatic rings. The van der Waals surface area contributed by atoms with Crippen molar-refractivity contribution in [1.29, 1.82) is 0 Å². The third-order valence-electron chi connectivity index (χ3n) is 1.31. The Balaban J connectivity index is 0.000000720. The van der Waals surface area contributed by atoms with Crippen LogP contribution in [0.3, 0.4) is 0 Å². The van der Waals surface area contributed by atoms with E-state index in [1.165, 1.54) is 21.1 Å². The molecule has 1 aromatic heterocycles. The fraction of sp³-hybridized carbons (Fsp3) is 0. The van der Waals surface area contributed by atoms with E-state index in [1.54, 1.807) is 0 Å². The number of benzene rings is 1. The first kappa shape index (κ1) is 9.51. The standard InChI is InChI=1S/C7H5N2S2.ClH/c1-2-4-6(5-3-1)7-8-10-11-9-7;/h1-5H;1H/q+1;/p-1. The lowest BCUT2D eigenvalue weighted by Gasteiger charge is -1.87. The molecular weight excluding hydrogens is 212 g/mol. The molecule has 1 aromatic carbocycles. The minimum Gasteiger partial charge on any atom is -1.00 e. The minimum atomic E-state index is 0. The van der Waals surface area contributed by atoms with Crippen molar-refractivity contribution < 1.29 is 12.4 Å². The summed E-state index contributed by atoms with van der Waals surface area (Å²) < 4.78 is 8.27. The molecule has 0 spiro atoms. The van der Waals surface area contributed by atoms with Crippen molar-refractivity contribution in [2.24, 2.45) is 0 Å². The number of hydrogen-bond acceptors (Lipinski definition) is 3. The zero-order valence-electron chi connectivity index (χ0n) is 5.98. The van der Waals surface area contributed by atoms with Crippen molar-refractivity contribution in [3.8, 4) is 11.4 Å². The van der Waals surface area contributed by atoms with E-state index in [0.29, 0.717) is 0 Å². The summed E-state index contributed by atoms with van der Waals surface area (Å²) in [6, 6.07) is 9.98. The zero-order chi connectivity index (χ0) is 7.52. The van der Waals surface area contributed by atoms with Crippen molar-refractivity contribution in [3.63, 3.8) is 0 Å². The Morgan fingerprint density at radius 1 is 1.17 bits per heavy atom. The second-order valence-corrected chi connectivity index (χ2v) is 3.58. The summed E-state index contributed by atoms with van der Waals surface area (Å²) >= 11 is 0. The second-order valence-electron chi connectivity index (χ2n) is 2.02. The van der Waals surface area contributed by atoms with Crippen LogP contribution in [0.4, 0.5) is 0 Å². The Kier molecular flexibility index (Phi) is 3.52. The van der Waals surface area contributed by atoms with E-state index in [0.717, 1.165) is 11.4 Å². The van der Waals surface area contributed by atoms with Gasteiger partial charge in [-0.05, 0) is 0 Å². The molecule has 0 saturated heterocycles. The quantitative estimate of drug-likeness (QED) is 0.477. The monoisotopic (exact) mass is 216 g/mol. The van der Waals surface area contributed by atoms with Crippen LogP contribution in [0.25, 0.3) is 11.4 Å². The highest BCUT2D eigenvalue weighted by molar-refractivity contribution is 7.64. The third kappa shape index (κ3) is 1.97. The largest absolute Gasteiger partial charge is 1.00 e. The Hall–Kier alpha value is -0.580. The molecule has 0 aliphatic carbocycles. The van der Waals surface area contributed by atoms with Gasteiger partial charge < -0.3 is 12.4 Å². The van der Waals surface area contributed by atoms with E-state index in [1.807, 2.05) is 30.3 Å². The summed E-state index contributed by atoms with van der Waals surface area (Å²) in [5.74, 6) is 0.834. The van der Waals surface area contributed by atoms with Gasteiger partial charge in [0.1, 0.15) is 0 Å². The number of aromatic nitrogens is 2. The molecule has 2 nitrogen and oxygen atoms in total. The third-order valence-corrected chi connectivity index (χ3v) is 2.52. The van der Waals surface area contributed by atoms with Crippen LogP contribution in [-0.4, -0.2) is 8.75 Å². The number of halogens is 1. The summed E-state index contributed by atoms with van der Waals surface area (Å²) in [5, 5.41) is 0. The van der Waals surface area contributed by atoms with Crippen LogP contribution in [0, 0.1) is 0 Å². The Bertz CT molecular complexity index is 322. The van der Waals surface area contributed by atoms with Crippen molar-refractivity contribution in [2.45, 2.75) is 0 Å². The average Bonchev–Trinajstić information content (AvgIpc) is 2.58. The summed E-state index contributed by atoms with van der Waals surface area (Å²) in [4.78, 5) is 0. The number of hydrogen-bond donors (Lipinski definition) is 0. The van der Waals surface area contributed by atoms with Gasteiger partial charge in [0.15, 0.2) is 0 Å². The Morgan fingerprint density at radius 3 is 2.50 bits per heavy atom. The molecule has 0 saturated carbocycles. The van der Waals surface area contributed by atoms with E-state index < -0.39 is 0 Å². The summed E-state index contributed by atoms with van der Waals surface area (Å²) in [7, 11) is 2.83. The SMILES string of the molecule is [Cl-].c1ccc(-c2ns[s+]n2)cc1. The fourth-order valence-electron chi connectivity index (χ4n) is 0.813. The molecule has 0 bridgehead atoms. The molecule has 0 aliphatic heterocycles. The smallest absolute Gasteiger partial charge is 0.462 e. The fourth-order valence-corrected chi connectivity index (χ4v) is 1.99. The lowest BCUT2D eigenvalue weighted by Crippen LogP contribution is -3.00. The molecule has 2 rings (SSSR count). The molecule has 0 N–H and O–H groups in total. The van der Waals surface area contributed by atoms with Gasteiger partial charge in [0.25, 0.3) is 0 Å². The normalized spacial score (nSPS) is 9.00. The van der Waals surface area contributed by atoms with Gasteiger partial charge in [-0.15, -0.1) is 4.37 Å². The predicted octanol–water partition coefficient (Wildman–Crippen LogP) is -0.448. The molecule has 1 heterocycles. The van der Waals surface area contributed by atoms with E-state index in [-0.39, 0.29) is 12.4 Å². The molecule has 2 aromatic rings. The zero-order valence-corrected chi connectivity index (χ0v) is 8.36. The minimum absolute atomic E-state index is 0. The maximum Gasteiger partial charge on any atom is 0.462 e. The first-order chi connectivity index (χ1) is 5.47. The van der Waals surface area contributed by atoms with Gasteiger partial charge >= 0.3 is 21.1 Å². The topological polar surface area (TPSA) is 25.8 Å². The average molecular weight is 217 g/mol. The highest BCUT2D eigenvalue weighted by Crippen LogP contribution is 2.16. The van der Waals surface area contributed by atoms with Crippen LogP contribution >= 0.6 is 21.1 Å². The van der Waals surface area contributed by atoms with E-state index in [2.05, 4.69) is 8.75 Å². The number of rotatable bonds is 1. The van der Waals surface area contributed by atoms with E-state index in [4.69, 9.17) is 0 Å². The molecule has 62 valence electrons. The summed E-state index contributed by atoms with van der Waals surface area (Å²) in [5.41, 5.74) is 1.09. The van der Waals surface area contributed by atoms with Crippen LogP contribution in [0.15, 0.2) is 30.3 Å². The maximum absolute atomic E-state index is 4.14. The first-order valence-corrected chi connectivity index (χ1v) is 5.20. The van der Waals surface area contributed by atoms with Gasteiger partial charge in [-0.3, -0.25) is 0 Å².